The van der Waals surface area contributed by atoms with E-state index < -0.39 is 0 Å². The molecule has 2 aromatic rings. The summed E-state index contributed by atoms with van der Waals surface area (Å²) in [6, 6.07) is 14.0. The van der Waals surface area contributed by atoms with Crippen LogP contribution in [0.3, 0.4) is 0 Å². The van der Waals surface area contributed by atoms with Crippen LogP contribution in [0.2, 0.25) is 0 Å². The number of carbonyl (C=O) groups excluding carboxylic acids is 2. The highest BCUT2D eigenvalue weighted by molar-refractivity contribution is 6.06. The summed E-state index contributed by atoms with van der Waals surface area (Å²) in [5.41, 5.74) is 1.08. The van der Waals surface area contributed by atoms with Crippen LogP contribution in [0.1, 0.15) is 30.6 Å². The lowest BCUT2D eigenvalue weighted by Crippen LogP contribution is -2.35. The second-order valence-corrected chi connectivity index (χ2v) is 5.84. The smallest absolute Gasteiger partial charge is 0.259 e. The highest BCUT2D eigenvalue weighted by Gasteiger charge is 2.12. The number of rotatable bonds is 8. The Morgan fingerprint density at radius 2 is 1.77 bits per heavy atom. The Labute approximate surface area is 153 Å². The monoisotopic (exact) mass is 356 g/mol. The van der Waals surface area contributed by atoms with Gasteiger partial charge in [0.2, 0.25) is 0 Å². The summed E-state index contributed by atoms with van der Waals surface area (Å²) in [5.74, 6) is 0.647. The van der Waals surface area contributed by atoms with Gasteiger partial charge in [0, 0.05) is 11.7 Å². The van der Waals surface area contributed by atoms with Crippen molar-refractivity contribution >= 4 is 17.5 Å². The minimum atomic E-state index is -0.260. The molecule has 2 aromatic carbocycles. The van der Waals surface area contributed by atoms with Gasteiger partial charge in [-0.1, -0.05) is 19.1 Å². The quantitative estimate of drug-likeness (QED) is 0.761. The molecule has 0 bridgehead atoms. The fraction of sp³-hybridized carbons (Fsp3) is 0.300. The molecule has 0 aliphatic heterocycles. The Morgan fingerprint density at radius 1 is 1.08 bits per heavy atom. The molecule has 0 saturated carbocycles. The molecule has 2 amide bonds. The van der Waals surface area contributed by atoms with Crippen LogP contribution in [0.25, 0.3) is 0 Å². The lowest BCUT2D eigenvalue weighted by Gasteiger charge is -2.12. The maximum Gasteiger partial charge on any atom is 0.259 e. The number of para-hydroxylation sites is 1. The standard InChI is InChI=1S/C20H24N2O4/c1-4-14(2)21-19(23)13-26-16-11-9-15(10-12-16)22-20(24)17-7-5-6-8-18(17)25-3/h5-12,14H,4,13H2,1-3H3,(H,21,23)(H,22,24)/t14-/m0/s1. The number of carbonyl (C=O) groups is 2. The zero-order chi connectivity index (χ0) is 18.9. The van der Waals surface area contributed by atoms with Gasteiger partial charge >= 0.3 is 0 Å². The predicted octanol–water partition coefficient (Wildman–Crippen LogP) is 3.24. The van der Waals surface area contributed by atoms with E-state index in [1.807, 2.05) is 13.8 Å². The SMILES string of the molecule is CC[C@H](C)NC(=O)COc1ccc(NC(=O)c2ccccc2OC)cc1. The molecule has 0 aliphatic rings. The van der Waals surface area contributed by atoms with Crippen LogP contribution in [0.4, 0.5) is 5.69 Å². The van der Waals surface area contributed by atoms with Gasteiger partial charge in [-0.3, -0.25) is 9.59 Å². The normalized spacial score (nSPS) is 11.3. The van der Waals surface area contributed by atoms with Gasteiger partial charge in [-0.25, -0.2) is 0 Å². The van der Waals surface area contributed by atoms with Gasteiger partial charge in [-0.15, -0.1) is 0 Å². The molecule has 1 atom stereocenters. The molecule has 6 heteroatoms. The highest BCUT2D eigenvalue weighted by atomic mass is 16.5. The minimum Gasteiger partial charge on any atom is -0.496 e. The van der Waals surface area contributed by atoms with E-state index in [9.17, 15) is 9.59 Å². The van der Waals surface area contributed by atoms with Crippen LogP contribution in [0.15, 0.2) is 48.5 Å². The van der Waals surface area contributed by atoms with Gasteiger partial charge in [0.05, 0.1) is 12.7 Å². The summed E-state index contributed by atoms with van der Waals surface area (Å²) >= 11 is 0. The Balaban J connectivity index is 1.91. The molecule has 0 saturated heterocycles. The van der Waals surface area contributed by atoms with Crippen molar-refractivity contribution in [2.45, 2.75) is 26.3 Å². The van der Waals surface area contributed by atoms with E-state index >= 15 is 0 Å². The van der Waals surface area contributed by atoms with Crippen LogP contribution in [0.5, 0.6) is 11.5 Å². The maximum atomic E-state index is 12.3. The fourth-order valence-electron chi connectivity index (χ4n) is 2.23. The van der Waals surface area contributed by atoms with Gasteiger partial charge in [-0.05, 0) is 49.7 Å². The van der Waals surface area contributed by atoms with Crippen LogP contribution < -0.4 is 20.1 Å². The third-order valence-electron chi connectivity index (χ3n) is 3.85. The number of anilines is 1. The third kappa shape index (κ3) is 5.51. The molecule has 2 rings (SSSR count). The maximum absolute atomic E-state index is 12.3. The van der Waals surface area contributed by atoms with Crippen LogP contribution in [-0.2, 0) is 4.79 Å². The van der Waals surface area contributed by atoms with E-state index in [-0.39, 0.29) is 24.5 Å². The van der Waals surface area contributed by atoms with Crippen molar-refractivity contribution in [3.05, 3.63) is 54.1 Å². The first kappa shape index (κ1) is 19.3. The third-order valence-corrected chi connectivity index (χ3v) is 3.85. The molecule has 0 heterocycles. The van der Waals surface area contributed by atoms with E-state index in [2.05, 4.69) is 10.6 Å². The van der Waals surface area contributed by atoms with E-state index in [4.69, 9.17) is 9.47 Å². The van der Waals surface area contributed by atoms with Crippen molar-refractivity contribution in [3.63, 3.8) is 0 Å². The zero-order valence-corrected chi connectivity index (χ0v) is 15.2. The molecule has 0 spiro atoms. The molecule has 138 valence electrons. The number of hydrogen-bond donors (Lipinski definition) is 2. The summed E-state index contributed by atoms with van der Waals surface area (Å²) in [7, 11) is 1.52. The van der Waals surface area contributed by atoms with Gasteiger partial charge in [0.15, 0.2) is 6.61 Å². The van der Waals surface area contributed by atoms with Gasteiger partial charge in [0.25, 0.3) is 11.8 Å². The van der Waals surface area contributed by atoms with Crippen molar-refractivity contribution in [1.29, 1.82) is 0 Å². The van der Waals surface area contributed by atoms with Crippen LogP contribution >= 0.6 is 0 Å². The fourth-order valence-corrected chi connectivity index (χ4v) is 2.23. The number of hydrogen-bond acceptors (Lipinski definition) is 4. The number of amides is 2. The van der Waals surface area contributed by atoms with Gasteiger partial charge in [0.1, 0.15) is 11.5 Å². The number of benzene rings is 2. The number of nitrogens with one attached hydrogen (secondary N) is 2. The van der Waals surface area contributed by atoms with Crippen molar-refractivity contribution in [3.8, 4) is 11.5 Å². The first-order valence-electron chi connectivity index (χ1n) is 8.50. The Hall–Kier alpha value is -3.02. The Morgan fingerprint density at radius 3 is 2.42 bits per heavy atom. The van der Waals surface area contributed by atoms with Gasteiger partial charge in [-0.2, -0.15) is 0 Å². The first-order chi connectivity index (χ1) is 12.5. The average Bonchev–Trinajstić information content (AvgIpc) is 2.67. The minimum absolute atomic E-state index is 0.0444. The molecule has 0 aliphatic carbocycles. The van der Waals surface area contributed by atoms with E-state index in [1.54, 1.807) is 48.5 Å². The molecule has 0 radical (unpaired) electrons. The average molecular weight is 356 g/mol. The summed E-state index contributed by atoms with van der Waals surface area (Å²) in [5, 5.41) is 5.64. The van der Waals surface area contributed by atoms with Crippen molar-refractivity contribution in [1.82, 2.24) is 5.32 Å². The topological polar surface area (TPSA) is 76.7 Å². The van der Waals surface area contributed by atoms with E-state index in [1.165, 1.54) is 7.11 Å². The van der Waals surface area contributed by atoms with Crippen LogP contribution in [-0.4, -0.2) is 31.6 Å². The Bertz CT molecular complexity index is 744. The molecule has 0 aromatic heterocycles. The largest absolute Gasteiger partial charge is 0.496 e. The number of ether oxygens (including phenoxy) is 2. The molecule has 6 nitrogen and oxygen atoms in total. The number of methoxy groups -OCH3 is 1. The van der Waals surface area contributed by atoms with E-state index in [0.29, 0.717) is 22.7 Å². The van der Waals surface area contributed by atoms with Gasteiger partial charge < -0.3 is 20.1 Å². The Kier molecular flexibility index (Phi) is 7.02. The lowest BCUT2D eigenvalue weighted by atomic mass is 10.2. The molecule has 2 N–H and O–H groups in total. The molecular formula is C20H24N2O4. The van der Waals surface area contributed by atoms with Crippen molar-refractivity contribution in [2.24, 2.45) is 0 Å². The summed E-state index contributed by atoms with van der Waals surface area (Å²) < 4.78 is 10.6. The summed E-state index contributed by atoms with van der Waals surface area (Å²) in [4.78, 5) is 24.1. The molecule has 0 fully saturated rings. The van der Waals surface area contributed by atoms with Crippen molar-refractivity contribution < 1.29 is 19.1 Å². The predicted molar refractivity (Wildman–Crippen MR) is 101 cm³/mol. The molecule has 26 heavy (non-hydrogen) atoms. The summed E-state index contributed by atoms with van der Waals surface area (Å²) in [6.45, 7) is 3.90. The summed E-state index contributed by atoms with van der Waals surface area (Å²) in [6.07, 6.45) is 0.867. The van der Waals surface area contributed by atoms with Crippen LogP contribution in [0, 0.1) is 0 Å². The van der Waals surface area contributed by atoms with E-state index in [0.717, 1.165) is 6.42 Å². The molecule has 0 unspecified atom stereocenters. The zero-order valence-electron chi connectivity index (χ0n) is 15.2. The second-order valence-electron chi connectivity index (χ2n) is 5.84. The lowest BCUT2D eigenvalue weighted by molar-refractivity contribution is -0.123. The second kappa shape index (κ2) is 9.46. The first-order valence-corrected chi connectivity index (χ1v) is 8.50. The molecular weight excluding hydrogens is 332 g/mol. The highest BCUT2D eigenvalue weighted by Crippen LogP contribution is 2.20. The van der Waals surface area contributed by atoms with Crippen molar-refractivity contribution in [2.75, 3.05) is 19.0 Å².